The topological polar surface area (TPSA) is 55.4 Å². The molecule has 0 amide bonds. The lowest BCUT2D eigenvalue weighted by Crippen LogP contribution is -2.51. The Morgan fingerprint density at radius 2 is 1.60 bits per heavy atom. The van der Waals surface area contributed by atoms with E-state index in [0.29, 0.717) is 12.1 Å². The molecule has 0 aliphatic carbocycles. The van der Waals surface area contributed by atoms with Crippen LogP contribution in [0.25, 0.3) is 0 Å². The first-order valence-electron chi connectivity index (χ1n) is 11.6. The highest BCUT2D eigenvalue weighted by Gasteiger charge is 2.21. The van der Waals surface area contributed by atoms with Gasteiger partial charge in [-0.05, 0) is 32.9 Å². The Bertz CT molecular complexity index is 626. The molecule has 0 saturated carbocycles. The molecule has 2 aliphatic rings. The van der Waals surface area contributed by atoms with Gasteiger partial charge in [0.25, 0.3) is 0 Å². The predicted molar refractivity (Wildman–Crippen MR) is 126 cm³/mol. The maximum Gasteiger partial charge on any atom is 0.191 e. The number of para-hydroxylation sites is 1. The Hall–Kier alpha value is -1.83. The van der Waals surface area contributed by atoms with E-state index >= 15 is 0 Å². The Morgan fingerprint density at radius 3 is 2.27 bits per heavy atom. The standard InChI is InChI=1S/C23H40N6O/c1-4-24-23(26-19-21(3)28-14-16-30-17-15-28)25-18-20(2)27-10-12-29(13-11-27)22-8-6-5-7-9-22/h5-9,20-21H,4,10-19H2,1-3H3,(H2,24,25,26). The molecular formula is C23H40N6O. The van der Waals surface area contributed by atoms with Crippen molar-refractivity contribution in [2.24, 2.45) is 4.99 Å². The summed E-state index contributed by atoms with van der Waals surface area (Å²) in [6, 6.07) is 11.6. The summed E-state index contributed by atoms with van der Waals surface area (Å²) in [6.45, 7) is 17.3. The number of aliphatic imine (C=N–C) groups is 1. The van der Waals surface area contributed by atoms with Crippen molar-refractivity contribution >= 4 is 11.6 Å². The van der Waals surface area contributed by atoms with Gasteiger partial charge in [0.05, 0.1) is 19.8 Å². The molecule has 2 fully saturated rings. The van der Waals surface area contributed by atoms with Crippen molar-refractivity contribution in [3.05, 3.63) is 30.3 Å². The number of nitrogens with zero attached hydrogens (tertiary/aromatic N) is 4. The smallest absolute Gasteiger partial charge is 0.191 e. The predicted octanol–water partition coefficient (Wildman–Crippen LogP) is 1.47. The first-order chi connectivity index (χ1) is 14.7. The summed E-state index contributed by atoms with van der Waals surface area (Å²) in [5, 5.41) is 6.93. The van der Waals surface area contributed by atoms with Crippen LogP contribution in [0.3, 0.4) is 0 Å². The summed E-state index contributed by atoms with van der Waals surface area (Å²) in [5.74, 6) is 0.924. The lowest BCUT2D eigenvalue weighted by atomic mass is 10.2. The number of piperazine rings is 1. The van der Waals surface area contributed by atoms with Gasteiger partial charge in [-0.2, -0.15) is 0 Å². The van der Waals surface area contributed by atoms with E-state index in [-0.39, 0.29) is 0 Å². The van der Waals surface area contributed by atoms with Crippen molar-refractivity contribution in [2.75, 3.05) is 77.0 Å². The van der Waals surface area contributed by atoms with E-state index < -0.39 is 0 Å². The summed E-state index contributed by atoms with van der Waals surface area (Å²) in [4.78, 5) is 12.4. The molecule has 30 heavy (non-hydrogen) atoms. The SMILES string of the molecule is CCNC(=NCC(C)N1CCN(c2ccccc2)CC1)NCC(C)N1CCOCC1. The van der Waals surface area contributed by atoms with Crippen LogP contribution in [-0.4, -0.2) is 100.0 Å². The van der Waals surface area contributed by atoms with Crippen LogP contribution < -0.4 is 15.5 Å². The van der Waals surface area contributed by atoms with Gasteiger partial charge in [0, 0.05) is 70.1 Å². The summed E-state index contributed by atoms with van der Waals surface area (Å²) < 4.78 is 5.46. The Labute approximate surface area is 182 Å². The maximum absolute atomic E-state index is 5.46. The highest BCUT2D eigenvalue weighted by atomic mass is 16.5. The van der Waals surface area contributed by atoms with Gasteiger partial charge in [0.1, 0.15) is 0 Å². The van der Waals surface area contributed by atoms with Crippen molar-refractivity contribution in [2.45, 2.75) is 32.9 Å². The van der Waals surface area contributed by atoms with Crippen molar-refractivity contribution in [3.63, 3.8) is 0 Å². The van der Waals surface area contributed by atoms with Gasteiger partial charge in [-0.25, -0.2) is 0 Å². The molecule has 2 saturated heterocycles. The molecular weight excluding hydrogens is 376 g/mol. The maximum atomic E-state index is 5.46. The van der Waals surface area contributed by atoms with Crippen molar-refractivity contribution < 1.29 is 4.74 Å². The molecule has 2 aliphatic heterocycles. The third-order valence-electron chi connectivity index (χ3n) is 6.15. The van der Waals surface area contributed by atoms with E-state index in [4.69, 9.17) is 9.73 Å². The minimum Gasteiger partial charge on any atom is -0.379 e. The fourth-order valence-corrected chi connectivity index (χ4v) is 4.13. The molecule has 1 aromatic rings. The number of benzene rings is 1. The Balaban J connectivity index is 1.43. The van der Waals surface area contributed by atoms with Gasteiger partial charge < -0.3 is 20.3 Å². The van der Waals surface area contributed by atoms with Crippen LogP contribution in [-0.2, 0) is 4.74 Å². The van der Waals surface area contributed by atoms with E-state index in [1.807, 2.05) is 0 Å². The molecule has 168 valence electrons. The molecule has 0 spiro atoms. The highest BCUT2D eigenvalue weighted by Crippen LogP contribution is 2.16. The zero-order valence-corrected chi connectivity index (χ0v) is 19.0. The van der Waals surface area contributed by atoms with E-state index in [0.717, 1.165) is 78.1 Å². The minimum atomic E-state index is 0.440. The van der Waals surface area contributed by atoms with Crippen LogP contribution in [0.15, 0.2) is 35.3 Å². The van der Waals surface area contributed by atoms with Gasteiger partial charge in [-0.1, -0.05) is 18.2 Å². The monoisotopic (exact) mass is 416 g/mol. The van der Waals surface area contributed by atoms with Gasteiger partial charge in [0.15, 0.2) is 5.96 Å². The van der Waals surface area contributed by atoms with Crippen molar-refractivity contribution in [3.8, 4) is 0 Å². The Kier molecular flexibility index (Phi) is 9.24. The fraction of sp³-hybridized carbons (Fsp3) is 0.696. The zero-order chi connectivity index (χ0) is 21.2. The summed E-state index contributed by atoms with van der Waals surface area (Å²) in [5.41, 5.74) is 1.33. The van der Waals surface area contributed by atoms with Crippen LogP contribution in [0.1, 0.15) is 20.8 Å². The third-order valence-corrected chi connectivity index (χ3v) is 6.15. The quantitative estimate of drug-likeness (QED) is 0.495. The van der Waals surface area contributed by atoms with E-state index in [1.165, 1.54) is 5.69 Å². The summed E-state index contributed by atoms with van der Waals surface area (Å²) in [6.07, 6.45) is 0. The largest absolute Gasteiger partial charge is 0.379 e. The zero-order valence-electron chi connectivity index (χ0n) is 19.0. The van der Waals surface area contributed by atoms with E-state index in [9.17, 15) is 0 Å². The second-order valence-electron chi connectivity index (χ2n) is 8.31. The van der Waals surface area contributed by atoms with Crippen molar-refractivity contribution in [1.29, 1.82) is 0 Å². The highest BCUT2D eigenvalue weighted by molar-refractivity contribution is 5.79. The first-order valence-corrected chi connectivity index (χ1v) is 11.6. The molecule has 2 atom stereocenters. The number of guanidine groups is 1. The molecule has 7 heteroatoms. The Morgan fingerprint density at radius 1 is 0.933 bits per heavy atom. The average molecular weight is 417 g/mol. The number of hydrogen-bond donors (Lipinski definition) is 2. The lowest BCUT2D eigenvalue weighted by molar-refractivity contribution is 0.0211. The fourth-order valence-electron chi connectivity index (χ4n) is 4.13. The van der Waals surface area contributed by atoms with Gasteiger partial charge in [0.2, 0.25) is 0 Å². The molecule has 0 radical (unpaired) electrons. The number of ether oxygens (including phenoxy) is 1. The normalized spacial score (nSPS) is 21.3. The second kappa shape index (κ2) is 12.1. The number of hydrogen-bond acceptors (Lipinski definition) is 5. The number of morpholine rings is 1. The van der Waals surface area contributed by atoms with Crippen LogP contribution in [0.2, 0.25) is 0 Å². The molecule has 0 aromatic heterocycles. The van der Waals surface area contributed by atoms with E-state index in [2.05, 4.69) is 76.4 Å². The molecule has 1 aromatic carbocycles. The molecule has 2 unspecified atom stereocenters. The van der Waals surface area contributed by atoms with Crippen LogP contribution >= 0.6 is 0 Å². The first kappa shape index (κ1) is 22.8. The third kappa shape index (κ3) is 6.86. The van der Waals surface area contributed by atoms with Crippen molar-refractivity contribution in [1.82, 2.24) is 20.4 Å². The molecule has 7 nitrogen and oxygen atoms in total. The summed E-state index contributed by atoms with van der Waals surface area (Å²) in [7, 11) is 0. The van der Waals surface area contributed by atoms with Gasteiger partial charge in [-0.15, -0.1) is 0 Å². The minimum absolute atomic E-state index is 0.440. The summed E-state index contributed by atoms with van der Waals surface area (Å²) >= 11 is 0. The number of anilines is 1. The lowest BCUT2D eigenvalue weighted by Gasteiger charge is -2.38. The number of nitrogens with one attached hydrogen (secondary N) is 2. The average Bonchev–Trinajstić information content (AvgIpc) is 2.81. The molecule has 3 rings (SSSR count). The van der Waals surface area contributed by atoms with E-state index in [1.54, 1.807) is 0 Å². The molecule has 0 bridgehead atoms. The molecule has 2 heterocycles. The van der Waals surface area contributed by atoms with Crippen LogP contribution in [0, 0.1) is 0 Å². The number of rotatable bonds is 8. The van der Waals surface area contributed by atoms with Crippen LogP contribution in [0.5, 0.6) is 0 Å². The van der Waals surface area contributed by atoms with Crippen LogP contribution in [0.4, 0.5) is 5.69 Å². The second-order valence-corrected chi connectivity index (χ2v) is 8.31. The van der Waals surface area contributed by atoms with Gasteiger partial charge in [-0.3, -0.25) is 14.8 Å². The van der Waals surface area contributed by atoms with Gasteiger partial charge >= 0.3 is 0 Å². The molecule has 2 N–H and O–H groups in total.